The molecule has 0 spiro atoms. The number of rotatable bonds is 4. The molecule has 1 aliphatic rings. The summed E-state index contributed by atoms with van der Waals surface area (Å²) >= 11 is 0. The highest BCUT2D eigenvalue weighted by atomic mass is 19.4. The minimum absolute atomic E-state index is 0.0190. The van der Waals surface area contributed by atoms with Crippen LogP contribution in [0.1, 0.15) is 38.5 Å². The molecule has 1 saturated carbocycles. The number of hydrogen-bond donors (Lipinski definition) is 1. The molecular formula is C12H21F3N2O. The van der Waals surface area contributed by atoms with E-state index < -0.39 is 12.7 Å². The zero-order valence-electron chi connectivity index (χ0n) is 10.5. The normalized spacial score (nSPS) is 18.4. The summed E-state index contributed by atoms with van der Waals surface area (Å²) in [5, 5.41) is 0. The van der Waals surface area contributed by atoms with Gasteiger partial charge in [-0.1, -0.05) is 25.7 Å². The maximum atomic E-state index is 12.4. The first-order chi connectivity index (χ1) is 8.44. The van der Waals surface area contributed by atoms with Gasteiger partial charge >= 0.3 is 6.18 Å². The molecule has 1 fully saturated rings. The van der Waals surface area contributed by atoms with E-state index in [0.29, 0.717) is 12.8 Å². The highest BCUT2D eigenvalue weighted by Gasteiger charge is 2.35. The first kappa shape index (κ1) is 15.3. The van der Waals surface area contributed by atoms with Gasteiger partial charge in [0.05, 0.1) is 0 Å². The van der Waals surface area contributed by atoms with Gasteiger partial charge in [-0.25, -0.2) is 0 Å². The van der Waals surface area contributed by atoms with Crippen LogP contribution >= 0.6 is 0 Å². The molecule has 1 rings (SSSR count). The van der Waals surface area contributed by atoms with E-state index in [1.54, 1.807) is 0 Å². The van der Waals surface area contributed by atoms with E-state index in [0.717, 1.165) is 30.6 Å². The Hall–Kier alpha value is -0.780. The van der Waals surface area contributed by atoms with Crippen molar-refractivity contribution in [3.8, 4) is 0 Å². The minimum Gasteiger partial charge on any atom is -0.332 e. The number of alkyl halides is 3. The molecular weight excluding hydrogens is 245 g/mol. The highest BCUT2D eigenvalue weighted by Crippen LogP contribution is 2.26. The molecule has 0 aliphatic heterocycles. The Balaban J connectivity index is 2.62. The van der Waals surface area contributed by atoms with Crippen molar-refractivity contribution >= 4 is 5.91 Å². The second kappa shape index (κ2) is 6.97. The molecule has 0 aromatic carbocycles. The molecule has 0 bridgehead atoms. The van der Waals surface area contributed by atoms with E-state index >= 15 is 0 Å². The van der Waals surface area contributed by atoms with Crippen LogP contribution in [0.4, 0.5) is 13.2 Å². The minimum atomic E-state index is -4.35. The lowest BCUT2D eigenvalue weighted by molar-refractivity contribution is -0.163. The van der Waals surface area contributed by atoms with Crippen molar-refractivity contribution in [3.63, 3.8) is 0 Å². The zero-order chi connectivity index (χ0) is 13.6. The lowest BCUT2D eigenvalue weighted by atomic mass is 9.98. The van der Waals surface area contributed by atoms with Crippen molar-refractivity contribution in [2.24, 2.45) is 11.7 Å². The Labute approximate surface area is 106 Å². The van der Waals surface area contributed by atoms with Gasteiger partial charge in [-0.3, -0.25) is 4.79 Å². The van der Waals surface area contributed by atoms with E-state index in [9.17, 15) is 18.0 Å². The fraction of sp³-hybridized carbons (Fsp3) is 0.917. The van der Waals surface area contributed by atoms with Gasteiger partial charge in [0.1, 0.15) is 6.54 Å². The molecule has 1 aliphatic carbocycles. The van der Waals surface area contributed by atoms with Gasteiger partial charge in [0.2, 0.25) is 5.91 Å². The van der Waals surface area contributed by atoms with Gasteiger partial charge in [-0.05, 0) is 12.8 Å². The SMILES string of the molecule is NCCN(CC(F)(F)F)C(=O)C1CCCCCC1. The van der Waals surface area contributed by atoms with Crippen molar-refractivity contribution in [1.29, 1.82) is 0 Å². The molecule has 0 saturated heterocycles. The van der Waals surface area contributed by atoms with Gasteiger partial charge < -0.3 is 10.6 Å². The Bertz CT molecular complexity index is 261. The summed E-state index contributed by atoms with van der Waals surface area (Å²) < 4.78 is 37.2. The second-order valence-electron chi connectivity index (χ2n) is 4.85. The number of halogens is 3. The van der Waals surface area contributed by atoms with E-state index in [1.807, 2.05) is 0 Å². The third kappa shape index (κ3) is 5.25. The summed E-state index contributed by atoms with van der Waals surface area (Å²) in [6.07, 6.45) is 1.06. The number of carbonyl (C=O) groups excluding carboxylic acids is 1. The standard InChI is InChI=1S/C12H21F3N2O/c13-12(14,15)9-17(8-7-16)11(18)10-5-3-1-2-4-6-10/h10H,1-9,16H2. The van der Waals surface area contributed by atoms with Crippen LogP contribution in [0.5, 0.6) is 0 Å². The summed E-state index contributed by atoms with van der Waals surface area (Å²) in [5.74, 6) is -0.624. The molecule has 0 aromatic heterocycles. The average molecular weight is 266 g/mol. The summed E-state index contributed by atoms with van der Waals surface area (Å²) in [4.78, 5) is 13.0. The van der Waals surface area contributed by atoms with Crippen LogP contribution in [0, 0.1) is 5.92 Å². The average Bonchev–Trinajstić information content (AvgIpc) is 2.54. The highest BCUT2D eigenvalue weighted by molar-refractivity contribution is 5.78. The molecule has 3 nitrogen and oxygen atoms in total. The van der Waals surface area contributed by atoms with Gasteiger partial charge in [-0.15, -0.1) is 0 Å². The van der Waals surface area contributed by atoms with Crippen LogP contribution in [-0.4, -0.2) is 36.6 Å². The third-order valence-electron chi connectivity index (χ3n) is 3.29. The molecule has 106 valence electrons. The summed E-state index contributed by atoms with van der Waals surface area (Å²) in [6, 6.07) is 0. The van der Waals surface area contributed by atoms with Crippen LogP contribution < -0.4 is 5.73 Å². The molecule has 1 amide bonds. The van der Waals surface area contributed by atoms with Crippen LogP contribution in [0.15, 0.2) is 0 Å². The molecule has 0 unspecified atom stereocenters. The maximum absolute atomic E-state index is 12.4. The van der Waals surface area contributed by atoms with Crippen LogP contribution in [0.25, 0.3) is 0 Å². The number of carbonyl (C=O) groups is 1. The third-order valence-corrected chi connectivity index (χ3v) is 3.29. The predicted octanol–water partition coefficient (Wildman–Crippen LogP) is 2.31. The fourth-order valence-electron chi connectivity index (χ4n) is 2.42. The zero-order valence-corrected chi connectivity index (χ0v) is 10.5. The molecule has 6 heteroatoms. The van der Waals surface area contributed by atoms with Gasteiger partial charge in [0.25, 0.3) is 0 Å². The Kier molecular flexibility index (Phi) is 5.91. The fourth-order valence-corrected chi connectivity index (χ4v) is 2.42. The summed E-state index contributed by atoms with van der Waals surface area (Å²) in [6.45, 7) is -1.14. The molecule has 0 atom stereocenters. The van der Waals surface area contributed by atoms with Crippen molar-refractivity contribution in [3.05, 3.63) is 0 Å². The lowest BCUT2D eigenvalue weighted by Gasteiger charge is -2.27. The molecule has 2 N–H and O–H groups in total. The van der Waals surface area contributed by atoms with Gasteiger partial charge in [-0.2, -0.15) is 13.2 Å². The first-order valence-electron chi connectivity index (χ1n) is 6.49. The molecule has 0 aromatic rings. The number of hydrogen-bond acceptors (Lipinski definition) is 2. The topological polar surface area (TPSA) is 46.3 Å². The van der Waals surface area contributed by atoms with Crippen molar-refractivity contribution in [1.82, 2.24) is 4.90 Å². The first-order valence-corrected chi connectivity index (χ1v) is 6.49. The van der Waals surface area contributed by atoms with E-state index in [2.05, 4.69) is 0 Å². The van der Waals surface area contributed by atoms with E-state index in [1.165, 1.54) is 0 Å². The van der Waals surface area contributed by atoms with Crippen LogP contribution in [-0.2, 0) is 4.79 Å². The number of nitrogens with two attached hydrogens (primary N) is 1. The Morgan fingerprint density at radius 2 is 1.72 bits per heavy atom. The number of amides is 1. The Morgan fingerprint density at radius 1 is 1.17 bits per heavy atom. The van der Waals surface area contributed by atoms with Crippen molar-refractivity contribution in [2.75, 3.05) is 19.6 Å². The summed E-state index contributed by atoms with van der Waals surface area (Å²) in [7, 11) is 0. The van der Waals surface area contributed by atoms with Crippen molar-refractivity contribution in [2.45, 2.75) is 44.7 Å². The summed E-state index contributed by atoms with van der Waals surface area (Å²) in [5.41, 5.74) is 5.29. The van der Waals surface area contributed by atoms with Crippen molar-refractivity contribution < 1.29 is 18.0 Å². The molecule has 0 heterocycles. The predicted molar refractivity (Wildman–Crippen MR) is 62.9 cm³/mol. The molecule has 0 radical (unpaired) electrons. The number of nitrogens with zero attached hydrogens (tertiary/aromatic N) is 1. The largest absolute Gasteiger partial charge is 0.406 e. The molecule has 18 heavy (non-hydrogen) atoms. The van der Waals surface area contributed by atoms with E-state index in [-0.39, 0.29) is 24.9 Å². The second-order valence-corrected chi connectivity index (χ2v) is 4.85. The monoisotopic (exact) mass is 266 g/mol. The maximum Gasteiger partial charge on any atom is 0.406 e. The van der Waals surface area contributed by atoms with Gasteiger partial charge in [0, 0.05) is 19.0 Å². The van der Waals surface area contributed by atoms with Gasteiger partial charge in [0.15, 0.2) is 0 Å². The van der Waals surface area contributed by atoms with Crippen LogP contribution in [0.3, 0.4) is 0 Å². The lowest BCUT2D eigenvalue weighted by Crippen LogP contribution is -2.44. The smallest absolute Gasteiger partial charge is 0.332 e. The quantitative estimate of drug-likeness (QED) is 0.794. The van der Waals surface area contributed by atoms with Crippen LogP contribution in [0.2, 0.25) is 0 Å². The Morgan fingerprint density at radius 3 is 2.17 bits per heavy atom. The van der Waals surface area contributed by atoms with E-state index in [4.69, 9.17) is 5.73 Å².